The average Bonchev–Trinajstić information content (AvgIpc) is 2.55. The number of nitrogens with zero attached hydrogens (tertiary/aromatic N) is 2. The molecule has 1 unspecified atom stereocenters. The Bertz CT molecular complexity index is 478. The quantitative estimate of drug-likeness (QED) is 0.772. The molecule has 4 nitrogen and oxygen atoms in total. The average molecular weight is 322 g/mol. The normalized spacial score (nSPS) is 17.6. The van der Waals surface area contributed by atoms with Gasteiger partial charge in [0, 0.05) is 24.9 Å². The Morgan fingerprint density at radius 2 is 2.00 bits per heavy atom. The maximum absolute atomic E-state index is 12.3. The van der Waals surface area contributed by atoms with Crippen LogP contribution in [0.15, 0.2) is 24.3 Å². The van der Waals surface area contributed by atoms with E-state index in [1.165, 1.54) is 0 Å². The van der Waals surface area contributed by atoms with Crippen LogP contribution < -0.4 is 4.74 Å². The fourth-order valence-corrected chi connectivity index (χ4v) is 2.89. The van der Waals surface area contributed by atoms with Gasteiger partial charge in [0.2, 0.25) is 5.91 Å². The van der Waals surface area contributed by atoms with Crippen molar-refractivity contribution in [3.05, 3.63) is 29.8 Å². The Labute approximate surface area is 137 Å². The lowest BCUT2D eigenvalue weighted by atomic mass is 10.2. The molecule has 1 atom stereocenters. The lowest BCUT2D eigenvalue weighted by molar-refractivity contribution is -0.136. The maximum Gasteiger partial charge on any atom is 0.237 e. The Kier molecular flexibility index (Phi) is 6.58. The van der Waals surface area contributed by atoms with Gasteiger partial charge in [-0.05, 0) is 36.9 Å². The molecular formula is C17H26N2O2S. The van der Waals surface area contributed by atoms with E-state index in [9.17, 15) is 4.79 Å². The highest BCUT2D eigenvalue weighted by atomic mass is 32.2. The van der Waals surface area contributed by atoms with Crippen molar-refractivity contribution in [3.63, 3.8) is 0 Å². The molecule has 0 aliphatic carbocycles. The van der Waals surface area contributed by atoms with Crippen LogP contribution in [0.5, 0.6) is 5.75 Å². The monoisotopic (exact) mass is 322 g/mol. The molecule has 0 aromatic heterocycles. The number of thioether (sulfide) groups is 1. The molecular weight excluding hydrogens is 296 g/mol. The molecule has 22 heavy (non-hydrogen) atoms. The van der Waals surface area contributed by atoms with E-state index in [2.05, 4.69) is 18.1 Å². The second kappa shape index (κ2) is 8.44. The summed E-state index contributed by atoms with van der Waals surface area (Å²) >= 11 is 1.89. The summed E-state index contributed by atoms with van der Waals surface area (Å²) in [6.07, 6.45) is 3.29. The van der Waals surface area contributed by atoms with Crippen LogP contribution in [0, 0.1) is 0 Å². The third-order valence-electron chi connectivity index (χ3n) is 4.18. The molecule has 0 N–H and O–H groups in total. The van der Waals surface area contributed by atoms with Gasteiger partial charge in [0.05, 0.1) is 13.7 Å². The van der Waals surface area contributed by atoms with Gasteiger partial charge in [-0.25, -0.2) is 0 Å². The standard InChI is InChI=1S/C17H26N2O2S/c1-14(22-3)8-9-18-10-11-19(17(20)13-18)12-15-4-6-16(21-2)7-5-15/h4-7,14H,8-13H2,1-3H3. The number of carbonyl (C=O) groups is 1. The smallest absolute Gasteiger partial charge is 0.237 e. The number of hydrogen-bond acceptors (Lipinski definition) is 4. The molecule has 1 aliphatic heterocycles. The van der Waals surface area contributed by atoms with Gasteiger partial charge in [-0.2, -0.15) is 11.8 Å². The summed E-state index contributed by atoms with van der Waals surface area (Å²) in [5.41, 5.74) is 1.15. The van der Waals surface area contributed by atoms with Crippen LogP contribution in [0.25, 0.3) is 0 Å². The molecule has 1 aromatic rings. The van der Waals surface area contributed by atoms with Gasteiger partial charge >= 0.3 is 0 Å². The summed E-state index contributed by atoms with van der Waals surface area (Å²) in [5.74, 6) is 1.08. The van der Waals surface area contributed by atoms with Crippen molar-refractivity contribution < 1.29 is 9.53 Å². The molecule has 1 fully saturated rings. The fourth-order valence-electron chi connectivity index (χ4n) is 2.55. The molecule has 5 heteroatoms. The molecule has 1 aliphatic rings. The number of benzene rings is 1. The zero-order valence-corrected chi connectivity index (χ0v) is 14.6. The minimum atomic E-state index is 0.235. The van der Waals surface area contributed by atoms with E-state index in [0.29, 0.717) is 18.3 Å². The zero-order chi connectivity index (χ0) is 15.9. The maximum atomic E-state index is 12.3. The highest BCUT2D eigenvalue weighted by Crippen LogP contribution is 2.16. The highest BCUT2D eigenvalue weighted by molar-refractivity contribution is 7.99. The summed E-state index contributed by atoms with van der Waals surface area (Å²) in [6.45, 7) is 6.30. The highest BCUT2D eigenvalue weighted by Gasteiger charge is 2.23. The summed E-state index contributed by atoms with van der Waals surface area (Å²) in [5, 5.41) is 0.660. The molecule has 1 amide bonds. The van der Waals surface area contributed by atoms with Crippen molar-refractivity contribution in [1.82, 2.24) is 9.80 Å². The summed E-state index contributed by atoms with van der Waals surface area (Å²) in [7, 11) is 1.66. The number of carbonyl (C=O) groups excluding carboxylic acids is 1. The molecule has 0 bridgehead atoms. The molecule has 0 spiro atoms. The second-order valence-electron chi connectivity index (χ2n) is 5.77. The predicted octanol–water partition coefficient (Wildman–Crippen LogP) is 2.48. The van der Waals surface area contributed by atoms with Crippen LogP contribution in [0.1, 0.15) is 18.9 Å². The Morgan fingerprint density at radius 1 is 1.27 bits per heavy atom. The predicted molar refractivity (Wildman–Crippen MR) is 92.4 cm³/mol. The lowest BCUT2D eigenvalue weighted by Crippen LogP contribution is -2.50. The minimum absolute atomic E-state index is 0.235. The van der Waals surface area contributed by atoms with Crippen LogP contribution in [0.2, 0.25) is 0 Å². The second-order valence-corrected chi connectivity index (χ2v) is 7.05. The van der Waals surface area contributed by atoms with E-state index in [1.807, 2.05) is 40.9 Å². The van der Waals surface area contributed by atoms with Gasteiger partial charge in [0.15, 0.2) is 0 Å². The molecule has 1 heterocycles. The first kappa shape index (κ1) is 17.2. The van der Waals surface area contributed by atoms with Gasteiger partial charge in [-0.3, -0.25) is 9.69 Å². The van der Waals surface area contributed by atoms with Gasteiger partial charge in [0.25, 0.3) is 0 Å². The number of rotatable bonds is 7. The minimum Gasteiger partial charge on any atom is -0.497 e. The van der Waals surface area contributed by atoms with E-state index in [-0.39, 0.29) is 5.91 Å². The first-order chi connectivity index (χ1) is 10.6. The van der Waals surface area contributed by atoms with Gasteiger partial charge in [-0.1, -0.05) is 19.1 Å². The zero-order valence-electron chi connectivity index (χ0n) is 13.7. The number of ether oxygens (including phenoxy) is 1. The van der Waals surface area contributed by atoms with Crippen molar-refractivity contribution in [3.8, 4) is 5.75 Å². The van der Waals surface area contributed by atoms with E-state index in [1.54, 1.807) is 7.11 Å². The Hall–Kier alpha value is -1.20. The number of amides is 1. The van der Waals surface area contributed by atoms with Gasteiger partial charge in [0.1, 0.15) is 5.75 Å². The van der Waals surface area contributed by atoms with Crippen LogP contribution >= 0.6 is 11.8 Å². The molecule has 2 rings (SSSR count). The van der Waals surface area contributed by atoms with E-state index < -0.39 is 0 Å². The van der Waals surface area contributed by atoms with Crippen molar-refractivity contribution in [2.75, 3.05) is 39.5 Å². The van der Waals surface area contributed by atoms with Crippen molar-refractivity contribution in [2.45, 2.75) is 25.1 Å². The first-order valence-corrected chi connectivity index (χ1v) is 9.07. The Balaban J connectivity index is 1.81. The van der Waals surface area contributed by atoms with Gasteiger partial charge < -0.3 is 9.64 Å². The molecule has 1 aromatic carbocycles. The van der Waals surface area contributed by atoms with Crippen molar-refractivity contribution in [2.24, 2.45) is 0 Å². The summed E-state index contributed by atoms with van der Waals surface area (Å²) in [6, 6.07) is 7.94. The summed E-state index contributed by atoms with van der Waals surface area (Å²) in [4.78, 5) is 16.5. The van der Waals surface area contributed by atoms with Crippen LogP contribution in [-0.2, 0) is 11.3 Å². The molecule has 122 valence electrons. The third kappa shape index (κ3) is 4.92. The fraction of sp³-hybridized carbons (Fsp3) is 0.588. The van der Waals surface area contributed by atoms with E-state index in [0.717, 1.165) is 37.4 Å². The van der Waals surface area contributed by atoms with Crippen LogP contribution in [0.3, 0.4) is 0 Å². The first-order valence-electron chi connectivity index (χ1n) is 7.78. The van der Waals surface area contributed by atoms with E-state index >= 15 is 0 Å². The van der Waals surface area contributed by atoms with Gasteiger partial charge in [-0.15, -0.1) is 0 Å². The number of methoxy groups -OCH3 is 1. The lowest BCUT2D eigenvalue weighted by Gasteiger charge is -2.34. The SMILES string of the molecule is COc1ccc(CN2CCN(CCC(C)SC)CC2=O)cc1. The topological polar surface area (TPSA) is 32.8 Å². The third-order valence-corrected chi connectivity index (χ3v) is 5.22. The van der Waals surface area contributed by atoms with Crippen molar-refractivity contribution >= 4 is 17.7 Å². The van der Waals surface area contributed by atoms with Crippen molar-refractivity contribution in [1.29, 1.82) is 0 Å². The molecule has 0 radical (unpaired) electrons. The Morgan fingerprint density at radius 3 is 2.59 bits per heavy atom. The number of hydrogen-bond donors (Lipinski definition) is 0. The molecule has 1 saturated heterocycles. The molecule has 0 saturated carbocycles. The number of piperazine rings is 1. The van der Waals surface area contributed by atoms with E-state index in [4.69, 9.17) is 4.74 Å². The van der Waals surface area contributed by atoms with Crippen LogP contribution in [0.4, 0.5) is 0 Å². The summed E-state index contributed by atoms with van der Waals surface area (Å²) < 4.78 is 5.16. The van der Waals surface area contributed by atoms with Crippen LogP contribution in [-0.4, -0.2) is 60.5 Å². The largest absolute Gasteiger partial charge is 0.497 e.